The Balaban J connectivity index is 1.84. The second-order valence-electron chi connectivity index (χ2n) is 5.61. The molecule has 0 unspecified atom stereocenters. The first-order valence-corrected chi connectivity index (χ1v) is 6.52. The SMILES string of the molecule is CC(C)(C)OC(=O)NNCc1cccc2c1NCC2. The lowest BCUT2D eigenvalue weighted by molar-refractivity contribution is 0.0497. The maximum absolute atomic E-state index is 11.5. The van der Waals surface area contributed by atoms with E-state index >= 15 is 0 Å². The molecular formula is C14H21N3O2. The lowest BCUT2D eigenvalue weighted by atomic mass is 10.1. The number of para-hydroxylation sites is 1. The van der Waals surface area contributed by atoms with Gasteiger partial charge in [-0.1, -0.05) is 18.2 Å². The predicted octanol–water partition coefficient (Wildman–Crippen LogP) is 2.18. The Morgan fingerprint density at radius 3 is 2.95 bits per heavy atom. The van der Waals surface area contributed by atoms with Crippen LogP contribution in [0.1, 0.15) is 31.9 Å². The van der Waals surface area contributed by atoms with Crippen molar-refractivity contribution in [3.63, 3.8) is 0 Å². The molecule has 0 fully saturated rings. The number of carbonyl (C=O) groups is 1. The number of amides is 1. The lowest BCUT2D eigenvalue weighted by Crippen LogP contribution is -2.40. The second kappa shape index (κ2) is 5.48. The molecule has 104 valence electrons. The van der Waals surface area contributed by atoms with Gasteiger partial charge in [0, 0.05) is 18.8 Å². The number of anilines is 1. The van der Waals surface area contributed by atoms with Crippen LogP contribution in [0.5, 0.6) is 0 Å². The van der Waals surface area contributed by atoms with Crippen LogP contribution in [0.4, 0.5) is 10.5 Å². The van der Waals surface area contributed by atoms with Crippen molar-refractivity contribution < 1.29 is 9.53 Å². The summed E-state index contributed by atoms with van der Waals surface area (Å²) in [6.07, 6.45) is 0.593. The molecular weight excluding hydrogens is 242 g/mol. The first kappa shape index (κ1) is 13.7. The van der Waals surface area contributed by atoms with E-state index in [2.05, 4.69) is 22.2 Å². The van der Waals surface area contributed by atoms with E-state index in [9.17, 15) is 4.79 Å². The first-order valence-electron chi connectivity index (χ1n) is 6.52. The standard InChI is InChI=1S/C14H21N3O2/c1-14(2,3)19-13(18)17-16-9-11-6-4-5-10-7-8-15-12(10)11/h4-6,15-16H,7-9H2,1-3H3,(H,17,18). The topological polar surface area (TPSA) is 62.4 Å². The highest BCUT2D eigenvalue weighted by Gasteiger charge is 2.16. The van der Waals surface area contributed by atoms with E-state index in [1.165, 1.54) is 11.3 Å². The first-order chi connectivity index (χ1) is 8.96. The lowest BCUT2D eigenvalue weighted by Gasteiger charge is -2.20. The van der Waals surface area contributed by atoms with Crippen LogP contribution < -0.4 is 16.2 Å². The summed E-state index contributed by atoms with van der Waals surface area (Å²) in [7, 11) is 0. The highest BCUT2D eigenvalue weighted by atomic mass is 16.6. The summed E-state index contributed by atoms with van der Waals surface area (Å²) in [6.45, 7) is 7.04. The zero-order chi connectivity index (χ0) is 13.9. The third-order valence-corrected chi connectivity index (χ3v) is 2.80. The van der Waals surface area contributed by atoms with Gasteiger partial charge >= 0.3 is 6.09 Å². The quantitative estimate of drug-likeness (QED) is 0.731. The normalized spacial score (nSPS) is 13.6. The number of carbonyl (C=O) groups excluding carboxylic acids is 1. The van der Waals surface area contributed by atoms with Crippen molar-refractivity contribution in [3.8, 4) is 0 Å². The average molecular weight is 263 g/mol. The molecule has 1 aliphatic rings. The minimum absolute atomic E-state index is 0.465. The fraction of sp³-hybridized carbons (Fsp3) is 0.500. The van der Waals surface area contributed by atoms with Gasteiger partial charge in [0.15, 0.2) is 0 Å². The summed E-state index contributed by atoms with van der Waals surface area (Å²) < 4.78 is 5.14. The van der Waals surface area contributed by atoms with Crippen molar-refractivity contribution in [1.29, 1.82) is 0 Å². The molecule has 3 N–H and O–H groups in total. The van der Waals surface area contributed by atoms with Crippen molar-refractivity contribution >= 4 is 11.8 Å². The van der Waals surface area contributed by atoms with Crippen LogP contribution in [0.3, 0.4) is 0 Å². The van der Waals surface area contributed by atoms with Crippen molar-refractivity contribution in [3.05, 3.63) is 29.3 Å². The molecule has 0 bridgehead atoms. The van der Waals surface area contributed by atoms with Gasteiger partial charge in [0.25, 0.3) is 0 Å². The number of benzene rings is 1. The molecule has 0 atom stereocenters. The maximum atomic E-state index is 11.5. The van der Waals surface area contributed by atoms with E-state index in [-0.39, 0.29) is 0 Å². The summed E-state index contributed by atoms with van der Waals surface area (Å²) in [5.74, 6) is 0. The van der Waals surface area contributed by atoms with E-state index in [1.54, 1.807) is 0 Å². The third kappa shape index (κ3) is 3.86. The van der Waals surface area contributed by atoms with E-state index in [0.29, 0.717) is 6.54 Å². The van der Waals surface area contributed by atoms with Crippen LogP contribution >= 0.6 is 0 Å². The Hall–Kier alpha value is -1.75. The van der Waals surface area contributed by atoms with Gasteiger partial charge in [0.1, 0.15) is 5.60 Å². The molecule has 2 rings (SSSR count). The second-order valence-corrected chi connectivity index (χ2v) is 5.61. The van der Waals surface area contributed by atoms with E-state index < -0.39 is 11.7 Å². The van der Waals surface area contributed by atoms with Gasteiger partial charge in [0.05, 0.1) is 0 Å². The Labute approximate surface area is 113 Å². The summed E-state index contributed by atoms with van der Waals surface area (Å²) in [5.41, 5.74) is 8.60. The zero-order valence-corrected chi connectivity index (χ0v) is 11.7. The highest BCUT2D eigenvalue weighted by Crippen LogP contribution is 2.25. The van der Waals surface area contributed by atoms with Crippen molar-refractivity contribution in [2.75, 3.05) is 11.9 Å². The minimum Gasteiger partial charge on any atom is -0.443 e. The van der Waals surface area contributed by atoms with Crippen LogP contribution in [-0.2, 0) is 17.7 Å². The molecule has 0 aromatic heterocycles. The molecule has 0 aliphatic carbocycles. The maximum Gasteiger partial charge on any atom is 0.422 e. The van der Waals surface area contributed by atoms with Crippen molar-refractivity contribution in [2.45, 2.75) is 39.3 Å². The molecule has 1 aromatic rings. The zero-order valence-electron chi connectivity index (χ0n) is 11.7. The molecule has 1 aromatic carbocycles. The number of hydrazine groups is 1. The molecule has 5 nitrogen and oxygen atoms in total. The van der Waals surface area contributed by atoms with E-state index in [0.717, 1.165) is 18.5 Å². The number of rotatable bonds is 3. The fourth-order valence-electron chi connectivity index (χ4n) is 2.07. The summed E-state index contributed by atoms with van der Waals surface area (Å²) >= 11 is 0. The van der Waals surface area contributed by atoms with Crippen LogP contribution in [0, 0.1) is 0 Å². The fourth-order valence-corrected chi connectivity index (χ4v) is 2.07. The largest absolute Gasteiger partial charge is 0.443 e. The third-order valence-electron chi connectivity index (χ3n) is 2.80. The van der Waals surface area contributed by atoms with Crippen molar-refractivity contribution in [1.82, 2.24) is 10.9 Å². The number of ether oxygens (including phenoxy) is 1. The van der Waals surface area contributed by atoms with Crippen LogP contribution in [0.2, 0.25) is 0 Å². The number of nitrogens with one attached hydrogen (secondary N) is 3. The van der Waals surface area contributed by atoms with E-state index in [1.807, 2.05) is 32.9 Å². The Bertz CT molecular complexity index is 466. The molecule has 19 heavy (non-hydrogen) atoms. The summed E-state index contributed by atoms with van der Waals surface area (Å²) in [5, 5.41) is 3.36. The number of hydrogen-bond donors (Lipinski definition) is 3. The highest BCUT2D eigenvalue weighted by molar-refractivity contribution is 5.67. The molecule has 0 saturated carbocycles. The molecule has 1 aliphatic heterocycles. The van der Waals surface area contributed by atoms with Gasteiger partial charge in [-0.15, -0.1) is 0 Å². The van der Waals surface area contributed by atoms with Gasteiger partial charge in [-0.2, -0.15) is 0 Å². The molecule has 1 amide bonds. The van der Waals surface area contributed by atoms with Gasteiger partial charge in [-0.25, -0.2) is 10.2 Å². The van der Waals surface area contributed by atoms with Gasteiger partial charge < -0.3 is 10.1 Å². The van der Waals surface area contributed by atoms with Crippen LogP contribution in [0.15, 0.2) is 18.2 Å². The molecule has 0 radical (unpaired) electrons. The molecule has 5 heteroatoms. The monoisotopic (exact) mass is 263 g/mol. The smallest absolute Gasteiger partial charge is 0.422 e. The molecule has 0 spiro atoms. The predicted molar refractivity (Wildman–Crippen MR) is 74.8 cm³/mol. The van der Waals surface area contributed by atoms with E-state index in [4.69, 9.17) is 4.74 Å². The van der Waals surface area contributed by atoms with Gasteiger partial charge in [-0.3, -0.25) is 5.43 Å². The number of hydrogen-bond acceptors (Lipinski definition) is 4. The molecule has 1 heterocycles. The Morgan fingerprint density at radius 1 is 1.42 bits per heavy atom. The average Bonchev–Trinajstić information content (AvgIpc) is 2.75. The minimum atomic E-state index is -0.485. The number of fused-ring (bicyclic) bond motifs is 1. The van der Waals surface area contributed by atoms with Crippen molar-refractivity contribution in [2.24, 2.45) is 0 Å². The molecule has 0 saturated heterocycles. The summed E-state index contributed by atoms with van der Waals surface area (Å²) in [6, 6.07) is 6.21. The van der Waals surface area contributed by atoms with Gasteiger partial charge in [0.2, 0.25) is 0 Å². The van der Waals surface area contributed by atoms with Crippen LogP contribution in [-0.4, -0.2) is 18.2 Å². The Morgan fingerprint density at radius 2 is 2.21 bits per heavy atom. The van der Waals surface area contributed by atoms with Crippen LogP contribution in [0.25, 0.3) is 0 Å². The summed E-state index contributed by atoms with van der Waals surface area (Å²) in [4.78, 5) is 11.5. The van der Waals surface area contributed by atoms with Gasteiger partial charge in [-0.05, 0) is 38.3 Å². The Kier molecular flexibility index (Phi) is 3.95.